The molecule has 0 unspecified atom stereocenters. The molecule has 2 fully saturated rings. The second-order valence-electron chi connectivity index (χ2n) is 6.37. The van der Waals surface area contributed by atoms with Crippen molar-refractivity contribution in [1.82, 2.24) is 19.9 Å². The Balaban J connectivity index is 1.65. The molecule has 1 aromatic heterocycles. The van der Waals surface area contributed by atoms with Crippen LogP contribution in [0, 0.1) is 12.3 Å². The van der Waals surface area contributed by atoms with Crippen molar-refractivity contribution >= 4 is 5.91 Å². The fourth-order valence-corrected chi connectivity index (χ4v) is 3.70. The number of aryl methyl sites for hydroxylation is 1. The molecule has 1 aromatic rings. The number of rotatable bonds is 4. The van der Waals surface area contributed by atoms with E-state index < -0.39 is 0 Å². The first-order valence-electron chi connectivity index (χ1n) is 7.94. The molecule has 0 saturated carbocycles. The van der Waals surface area contributed by atoms with E-state index in [0.717, 1.165) is 51.9 Å². The van der Waals surface area contributed by atoms with Crippen LogP contribution in [0.1, 0.15) is 44.3 Å². The summed E-state index contributed by atoms with van der Waals surface area (Å²) < 4.78 is 5.19. The van der Waals surface area contributed by atoms with E-state index in [1.54, 1.807) is 0 Å². The molecule has 2 aliphatic heterocycles. The van der Waals surface area contributed by atoms with E-state index in [-0.39, 0.29) is 5.41 Å². The third kappa shape index (κ3) is 2.81. The van der Waals surface area contributed by atoms with Crippen LogP contribution in [-0.2, 0) is 11.3 Å². The summed E-state index contributed by atoms with van der Waals surface area (Å²) in [6, 6.07) is 0. The Bertz CT molecular complexity index is 514. The number of amides is 1. The number of likely N-dealkylation sites (tertiary alicyclic amines) is 2. The van der Waals surface area contributed by atoms with Gasteiger partial charge in [0.2, 0.25) is 11.8 Å². The van der Waals surface area contributed by atoms with Crippen LogP contribution in [0.5, 0.6) is 0 Å². The summed E-state index contributed by atoms with van der Waals surface area (Å²) in [5.74, 6) is 1.68. The van der Waals surface area contributed by atoms with Gasteiger partial charge < -0.3 is 9.42 Å². The van der Waals surface area contributed by atoms with Crippen molar-refractivity contribution in [1.29, 1.82) is 0 Å². The fourth-order valence-electron chi connectivity index (χ4n) is 3.70. The van der Waals surface area contributed by atoms with E-state index in [4.69, 9.17) is 4.52 Å². The highest BCUT2D eigenvalue weighted by Gasteiger charge is 2.48. The maximum Gasteiger partial charge on any atom is 0.240 e. The number of piperidine rings is 1. The maximum absolute atomic E-state index is 12.8. The first-order valence-corrected chi connectivity index (χ1v) is 7.94. The van der Waals surface area contributed by atoms with Crippen LogP contribution in [0.15, 0.2) is 4.52 Å². The van der Waals surface area contributed by atoms with E-state index in [1.807, 2.05) is 6.92 Å². The highest BCUT2D eigenvalue weighted by atomic mass is 16.5. The van der Waals surface area contributed by atoms with Gasteiger partial charge in [-0.1, -0.05) is 12.1 Å². The maximum atomic E-state index is 12.8. The van der Waals surface area contributed by atoms with Crippen molar-refractivity contribution in [3.8, 4) is 0 Å². The summed E-state index contributed by atoms with van der Waals surface area (Å²) in [6.07, 6.45) is 4.14. The van der Waals surface area contributed by atoms with Gasteiger partial charge in [0, 0.05) is 19.6 Å². The summed E-state index contributed by atoms with van der Waals surface area (Å²) in [4.78, 5) is 21.4. The highest BCUT2D eigenvalue weighted by molar-refractivity contribution is 5.84. The lowest BCUT2D eigenvalue weighted by atomic mass is 9.78. The Morgan fingerprint density at radius 1 is 1.33 bits per heavy atom. The van der Waals surface area contributed by atoms with E-state index in [1.165, 1.54) is 0 Å². The van der Waals surface area contributed by atoms with Gasteiger partial charge >= 0.3 is 0 Å². The zero-order chi connectivity index (χ0) is 14.9. The molecule has 0 radical (unpaired) electrons. The first kappa shape index (κ1) is 14.5. The number of carbonyl (C=O) groups is 1. The molecule has 3 rings (SSSR count). The van der Waals surface area contributed by atoms with E-state index in [0.29, 0.717) is 24.2 Å². The molecule has 1 atom stereocenters. The smallest absolute Gasteiger partial charge is 0.240 e. The molecule has 1 amide bonds. The molecule has 2 saturated heterocycles. The van der Waals surface area contributed by atoms with Crippen molar-refractivity contribution in [2.24, 2.45) is 5.41 Å². The lowest BCUT2D eigenvalue weighted by Crippen LogP contribution is -2.50. The topological polar surface area (TPSA) is 62.5 Å². The molecule has 116 valence electrons. The predicted molar refractivity (Wildman–Crippen MR) is 77.5 cm³/mol. The SMILES string of the molecule is CCCN1CCC[C@]2(CCN(Cc3nc(C)no3)C2)C1=O. The molecule has 0 aliphatic carbocycles. The van der Waals surface area contributed by atoms with Gasteiger partial charge in [-0.05, 0) is 39.2 Å². The predicted octanol–water partition coefficient (Wildman–Crippen LogP) is 1.60. The Morgan fingerprint density at radius 3 is 2.90 bits per heavy atom. The highest BCUT2D eigenvalue weighted by Crippen LogP contribution is 2.40. The Labute approximate surface area is 125 Å². The van der Waals surface area contributed by atoms with Crippen LogP contribution < -0.4 is 0 Å². The monoisotopic (exact) mass is 292 g/mol. The van der Waals surface area contributed by atoms with Gasteiger partial charge in [0.25, 0.3) is 0 Å². The Morgan fingerprint density at radius 2 is 2.19 bits per heavy atom. The van der Waals surface area contributed by atoms with Gasteiger partial charge in [0.1, 0.15) is 0 Å². The third-order valence-corrected chi connectivity index (χ3v) is 4.68. The third-order valence-electron chi connectivity index (χ3n) is 4.68. The van der Waals surface area contributed by atoms with Crippen LogP contribution in [0.2, 0.25) is 0 Å². The van der Waals surface area contributed by atoms with Gasteiger partial charge in [-0.15, -0.1) is 0 Å². The lowest BCUT2D eigenvalue weighted by molar-refractivity contribution is -0.145. The minimum absolute atomic E-state index is 0.164. The van der Waals surface area contributed by atoms with Gasteiger partial charge in [-0.2, -0.15) is 4.98 Å². The van der Waals surface area contributed by atoms with E-state index in [2.05, 4.69) is 26.9 Å². The lowest BCUT2D eigenvalue weighted by Gasteiger charge is -2.39. The number of carbonyl (C=O) groups excluding carboxylic acids is 1. The molecular formula is C15H24N4O2. The normalized spacial score (nSPS) is 27.0. The zero-order valence-corrected chi connectivity index (χ0v) is 13.0. The summed E-state index contributed by atoms with van der Waals surface area (Å²) in [7, 11) is 0. The molecule has 0 aromatic carbocycles. The second-order valence-corrected chi connectivity index (χ2v) is 6.37. The minimum Gasteiger partial charge on any atom is -0.342 e. The van der Waals surface area contributed by atoms with Crippen LogP contribution in [0.25, 0.3) is 0 Å². The molecule has 0 bridgehead atoms. The van der Waals surface area contributed by atoms with E-state index in [9.17, 15) is 4.79 Å². The quantitative estimate of drug-likeness (QED) is 0.843. The molecule has 3 heterocycles. The van der Waals surface area contributed by atoms with Gasteiger partial charge in [0.05, 0.1) is 12.0 Å². The molecule has 2 aliphatic rings. The number of hydrogen-bond acceptors (Lipinski definition) is 5. The van der Waals surface area contributed by atoms with Crippen molar-refractivity contribution in [3.05, 3.63) is 11.7 Å². The van der Waals surface area contributed by atoms with Crippen LogP contribution in [0.3, 0.4) is 0 Å². The van der Waals surface area contributed by atoms with Crippen molar-refractivity contribution in [2.45, 2.75) is 46.1 Å². The summed E-state index contributed by atoms with van der Waals surface area (Å²) in [5.41, 5.74) is -0.164. The molecule has 0 N–H and O–H groups in total. The van der Waals surface area contributed by atoms with Crippen molar-refractivity contribution < 1.29 is 9.32 Å². The minimum atomic E-state index is -0.164. The summed E-state index contributed by atoms with van der Waals surface area (Å²) in [6.45, 7) is 8.20. The van der Waals surface area contributed by atoms with Gasteiger partial charge in [-0.3, -0.25) is 9.69 Å². The summed E-state index contributed by atoms with van der Waals surface area (Å²) in [5, 5.41) is 3.83. The Hall–Kier alpha value is -1.43. The van der Waals surface area contributed by atoms with Crippen molar-refractivity contribution in [2.75, 3.05) is 26.2 Å². The molecule has 1 spiro atoms. The van der Waals surface area contributed by atoms with Crippen LogP contribution in [-0.4, -0.2) is 52.0 Å². The van der Waals surface area contributed by atoms with E-state index >= 15 is 0 Å². The van der Waals surface area contributed by atoms with Gasteiger partial charge in [0.15, 0.2) is 5.82 Å². The Kier molecular flexibility index (Phi) is 3.97. The fraction of sp³-hybridized carbons (Fsp3) is 0.800. The van der Waals surface area contributed by atoms with Crippen molar-refractivity contribution in [3.63, 3.8) is 0 Å². The number of nitrogens with zero attached hydrogens (tertiary/aromatic N) is 4. The zero-order valence-electron chi connectivity index (χ0n) is 13.0. The molecule has 21 heavy (non-hydrogen) atoms. The van der Waals surface area contributed by atoms with Crippen LogP contribution >= 0.6 is 0 Å². The average molecular weight is 292 g/mol. The molecule has 6 heteroatoms. The number of hydrogen-bond donors (Lipinski definition) is 0. The largest absolute Gasteiger partial charge is 0.342 e. The first-order chi connectivity index (χ1) is 10.1. The van der Waals surface area contributed by atoms with Gasteiger partial charge in [-0.25, -0.2) is 0 Å². The summed E-state index contributed by atoms with van der Waals surface area (Å²) >= 11 is 0. The molecular weight excluding hydrogens is 268 g/mol. The van der Waals surface area contributed by atoms with Crippen LogP contribution in [0.4, 0.5) is 0 Å². The molecule has 6 nitrogen and oxygen atoms in total. The second kappa shape index (κ2) is 5.75. The number of aromatic nitrogens is 2. The standard InChI is InChI=1S/C15H24N4O2/c1-3-7-19-8-4-5-15(14(19)20)6-9-18(11-15)10-13-16-12(2)17-21-13/h3-11H2,1-2H3/t15-/m1/s1. The average Bonchev–Trinajstić information content (AvgIpc) is 3.04.